The Labute approximate surface area is 221 Å². The molecule has 37 heavy (non-hydrogen) atoms. The fraction of sp³-hybridized carbons (Fsp3) is 0.643. The number of carbonyl (C=O) groups is 3. The Morgan fingerprint density at radius 3 is 2.51 bits per heavy atom. The van der Waals surface area contributed by atoms with Gasteiger partial charge in [0.25, 0.3) is 5.91 Å². The zero-order valence-corrected chi connectivity index (χ0v) is 23.0. The van der Waals surface area contributed by atoms with Crippen molar-refractivity contribution in [2.24, 2.45) is 11.0 Å². The molecule has 0 bridgehead atoms. The molecule has 204 valence electrons. The quantitative estimate of drug-likeness (QED) is 0.472. The van der Waals surface area contributed by atoms with Gasteiger partial charge in [-0.05, 0) is 76.6 Å². The van der Waals surface area contributed by atoms with Crippen molar-refractivity contribution in [2.75, 3.05) is 44.6 Å². The number of benzene rings is 1. The second-order valence-corrected chi connectivity index (χ2v) is 10.2. The van der Waals surface area contributed by atoms with Gasteiger partial charge in [-0.2, -0.15) is 5.10 Å². The standard InChI is InChI=1S/C28H44N6O3/c1-5-15-34(20-22-13-16-33(17-14-22)28(37)32(6-2)7-3)21(4)18-23-9-8-10-24(19-23)29-27(36)25-11-12-26(35)31-30-25/h8-10,19,21-22H,5-7,11-18,20H2,1-4H3,(H,29,36)(H,31,35). The Hall–Kier alpha value is -2.94. The van der Waals surface area contributed by atoms with Crippen LogP contribution in [0.2, 0.25) is 0 Å². The van der Waals surface area contributed by atoms with Gasteiger partial charge in [0.05, 0.1) is 0 Å². The first-order valence-electron chi connectivity index (χ1n) is 13.9. The molecule has 4 amide bonds. The van der Waals surface area contributed by atoms with Crippen LogP contribution in [0.3, 0.4) is 0 Å². The summed E-state index contributed by atoms with van der Waals surface area (Å²) in [6.45, 7) is 13.9. The van der Waals surface area contributed by atoms with Crippen molar-refractivity contribution in [3.63, 3.8) is 0 Å². The van der Waals surface area contributed by atoms with Crippen LogP contribution in [0.4, 0.5) is 10.5 Å². The molecule has 2 aliphatic rings. The highest BCUT2D eigenvalue weighted by atomic mass is 16.2. The number of anilines is 1. The third-order valence-electron chi connectivity index (χ3n) is 7.43. The topological polar surface area (TPSA) is 97.3 Å². The summed E-state index contributed by atoms with van der Waals surface area (Å²) >= 11 is 0. The summed E-state index contributed by atoms with van der Waals surface area (Å²) < 4.78 is 0. The predicted molar refractivity (Wildman–Crippen MR) is 148 cm³/mol. The molecule has 0 saturated carbocycles. The lowest BCUT2D eigenvalue weighted by atomic mass is 9.95. The Balaban J connectivity index is 1.54. The highest BCUT2D eigenvalue weighted by Gasteiger charge is 2.27. The molecule has 9 nitrogen and oxygen atoms in total. The van der Waals surface area contributed by atoms with E-state index in [0.717, 1.165) is 70.6 Å². The van der Waals surface area contributed by atoms with Gasteiger partial charge >= 0.3 is 6.03 Å². The third kappa shape index (κ3) is 8.28. The number of piperidine rings is 1. The van der Waals surface area contributed by atoms with Crippen LogP contribution in [-0.2, 0) is 16.0 Å². The average molecular weight is 513 g/mol. The first-order chi connectivity index (χ1) is 17.8. The van der Waals surface area contributed by atoms with Crippen LogP contribution in [0.5, 0.6) is 0 Å². The van der Waals surface area contributed by atoms with Crippen molar-refractivity contribution in [1.29, 1.82) is 0 Å². The summed E-state index contributed by atoms with van der Waals surface area (Å²) in [5.41, 5.74) is 4.63. The molecule has 0 radical (unpaired) electrons. The summed E-state index contributed by atoms with van der Waals surface area (Å²) in [5, 5.41) is 6.80. The fourth-order valence-electron chi connectivity index (χ4n) is 5.20. The van der Waals surface area contributed by atoms with Crippen LogP contribution < -0.4 is 10.7 Å². The maximum absolute atomic E-state index is 12.7. The van der Waals surface area contributed by atoms with Crippen LogP contribution >= 0.6 is 0 Å². The third-order valence-corrected chi connectivity index (χ3v) is 7.43. The zero-order chi connectivity index (χ0) is 26.8. The molecule has 1 aromatic rings. The smallest absolute Gasteiger partial charge is 0.319 e. The van der Waals surface area contributed by atoms with Crippen molar-refractivity contribution in [2.45, 2.75) is 72.3 Å². The SMILES string of the molecule is CCCN(CC1CCN(C(=O)N(CC)CC)CC1)C(C)Cc1cccc(NC(=O)C2=NNC(=O)CC2)c1. The van der Waals surface area contributed by atoms with Crippen LogP contribution in [0.1, 0.15) is 65.4 Å². The number of nitrogens with zero attached hydrogens (tertiary/aromatic N) is 4. The molecule has 3 rings (SSSR count). The highest BCUT2D eigenvalue weighted by Crippen LogP contribution is 2.22. The molecular formula is C28H44N6O3. The maximum Gasteiger partial charge on any atom is 0.319 e. The minimum Gasteiger partial charge on any atom is -0.325 e. The summed E-state index contributed by atoms with van der Waals surface area (Å²) in [4.78, 5) is 43.0. The van der Waals surface area contributed by atoms with Crippen molar-refractivity contribution in [1.82, 2.24) is 20.1 Å². The van der Waals surface area contributed by atoms with Crippen molar-refractivity contribution in [3.8, 4) is 0 Å². The zero-order valence-electron chi connectivity index (χ0n) is 23.0. The molecule has 0 aromatic heterocycles. The first kappa shape index (κ1) is 28.6. The minimum atomic E-state index is -0.274. The van der Waals surface area contributed by atoms with E-state index in [4.69, 9.17) is 0 Å². The predicted octanol–water partition coefficient (Wildman–Crippen LogP) is 3.71. The molecule has 1 unspecified atom stereocenters. The van der Waals surface area contributed by atoms with Gasteiger partial charge in [0.2, 0.25) is 5.91 Å². The van der Waals surface area contributed by atoms with Gasteiger partial charge in [0.1, 0.15) is 5.71 Å². The van der Waals surface area contributed by atoms with Crippen LogP contribution in [0.25, 0.3) is 0 Å². The molecule has 0 aliphatic carbocycles. The van der Waals surface area contributed by atoms with Gasteiger partial charge in [0.15, 0.2) is 0 Å². The molecule has 0 spiro atoms. The molecule has 1 atom stereocenters. The molecule has 2 aliphatic heterocycles. The number of amides is 4. The summed E-state index contributed by atoms with van der Waals surface area (Å²) in [6, 6.07) is 8.51. The largest absolute Gasteiger partial charge is 0.325 e. The normalized spacial score (nSPS) is 17.3. The van der Waals surface area contributed by atoms with E-state index >= 15 is 0 Å². The molecular weight excluding hydrogens is 468 g/mol. The number of carbonyl (C=O) groups excluding carboxylic acids is 3. The van der Waals surface area contributed by atoms with E-state index in [1.54, 1.807) is 0 Å². The van der Waals surface area contributed by atoms with E-state index in [1.165, 1.54) is 5.56 Å². The van der Waals surface area contributed by atoms with E-state index in [-0.39, 0.29) is 24.3 Å². The lowest BCUT2D eigenvalue weighted by Gasteiger charge is -2.38. The number of hydrazone groups is 1. The van der Waals surface area contributed by atoms with Crippen molar-refractivity contribution in [3.05, 3.63) is 29.8 Å². The van der Waals surface area contributed by atoms with Gasteiger partial charge in [-0.25, -0.2) is 10.2 Å². The molecule has 9 heteroatoms. The second kappa shape index (κ2) is 14.1. The molecule has 1 fully saturated rings. The Kier molecular flexibility index (Phi) is 10.9. The molecule has 2 N–H and O–H groups in total. The number of urea groups is 1. The van der Waals surface area contributed by atoms with Gasteiger partial charge in [0, 0.05) is 57.3 Å². The molecule has 1 saturated heterocycles. The number of rotatable bonds is 11. The number of likely N-dealkylation sites (tertiary alicyclic amines) is 1. The molecule has 1 aromatic carbocycles. The number of hydrogen-bond donors (Lipinski definition) is 2. The van der Waals surface area contributed by atoms with E-state index in [1.807, 2.05) is 41.8 Å². The fourth-order valence-corrected chi connectivity index (χ4v) is 5.20. The summed E-state index contributed by atoms with van der Waals surface area (Å²) in [6.07, 6.45) is 4.71. The summed E-state index contributed by atoms with van der Waals surface area (Å²) in [5.74, 6) is 0.156. The van der Waals surface area contributed by atoms with Crippen molar-refractivity contribution >= 4 is 29.2 Å². The van der Waals surface area contributed by atoms with E-state index in [2.05, 4.69) is 40.7 Å². The van der Waals surface area contributed by atoms with Gasteiger partial charge in [-0.1, -0.05) is 19.1 Å². The lowest BCUT2D eigenvalue weighted by Crippen LogP contribution is -2.48. The number of nitrogens with one attached hydrogen (secondary N) is 2. The van der Waals surface area contributed by atoms with Crippen LogP contribution in [0.15, 0.2) is 29.4 Å². The van der Waals surface area contributed by atoms with E-state index in [9.17, 15) is 14.4 Å². The Morgan fingerprint density at radius 2 is 1.89 bits per heavy atom. The van der Waals surface area contributed by atoms with Gasteiger partial charge in [-0.15, -0.1) is 0 Å². The number of hydrogen-bond acceptors (Lipinski definition) is 5. The Bertz CT molecular complexity index is 953. The lowest BCUT2D eigenvalue weighted by molar-refractivity contribution is -0.121. The minimum absolute atomic E-state index is 0.164. The van der Waals surface area contributed by atoms with Crippen LogP contribution in [-0.4, -0.2) is 83.6 Å². The van der Waals surface area contributed by atoms with E-state index < -0.39 is 0 Å². The Morgan fingerprint density at radius 1 is 1.16 bits per heavy atom. The second-order valence-electron chi connectivity index (χ2n) is 10.2. The monoisotopic (exact) mass is 512 g/mol. The maximum atomic E-state index is 12.7. The average Bonchev–Trinajstić information content (AvgIpc) is 2.90. The first-order valence-corrected chi connectivity index (χ1v) is 13.9. The van der Waals surface area contributed by atoms with Crippen LogP contribution in [0, 0.1) is 5.92 Å². The van der Waals surface area contributed by atoms with Crippen molar-refractivity contribution < 1.29 is 14.4 Å². The molecule has 2 heterocycles. The van der Waals surface area contributed by atoms with E-state index in [0.29, 0.717) is 24.1 Å². The van der Waals surface area contributed by atoms with Gasteiger partial charge in [-0.3, -0.25) is 9.59 Å². The van der Waals surface area contributed by atoms with Gasteiger partial charge < -0.3 is 20.0 Å². The summed E-state index contributed by atoms with van der Waals surface area (Å²) in [7, 11) is 0. The highest BCUT2D eigenvalue weighted by molar-refractivity contribution is 6.43.